The van der Waals surface area contributed by atoms with Gasteiger partial charge in [-0.25, -0.2) is 9.55 Å². The quantitative estimate of drug-likeness (QED) is 0.0519. The van der Waals surface area contributed by atoms with Crippen molar-refractivity contribution in [2.75, 3.05) is 48.1 Å². The van der Waals surface area contributed by atoms with Gasteiger partial charge >= 0.3 is 11.1 Å². The number of hydrogen-bond donors (Lipinski definition) is 6. The second-order valence-electron chi connectivity index (χ2n) is 8.32. The molecular formula is C19H25N10O5S3+. The van der Waals surface area contributed by atoms with E-state index in [4.69, 9.17) is 27.8 Å². The molecule has 15 nitrogen and oxygen atoms in total. The maximum atomic E-state index is 12.9. The van der Waals surface area contributed by atoms with Gasteiger partial charge in [0.2, 0.25) is 17.5 Å². The molecule has 2 fully saturated rings. The number of carbonyl (C=O) groups is 3. The molecule has 0 saturated carbocycles. The summed E-state index contributed by atoms with van der Waals surface area (Å²) in [6.45, 7) is -0.0382. The van der Waals surface area contributed by atoms with E-state index in [0.29, 0.717) is 5.16 Å². The minimum absolute atomic E-state index is 0.0382. The highest BCUT2D eigenvalue weighted by Gasteiger charge is 2.57. The first-order valence-electron chi connectivity index (χ1n) is 10.6. The third kappa shape index (κ3) is 4.78. The highest BCUT2D eigenvalue weighted by atomic mass is 32.2. The van der Waals surface area contributed by atoms with Crippen LogP contribution >= 0.6 is 34.9 Å². The topological polar surface area (TPSA) is 242 Å². The Balaban J connectivity index is 1.45. The Kier molecular flexibility index (Phi) is 7.24. The van der Waals surface area contributed by atoms with Gasteiger partial charge in [0.05, 0.1) is 7.05 Å². The number of oxime groups is 1. The molecule has 0 aromatic carbocycles. The number of rotatable bonds is 8. The number of carboxylic acid groups (broad SMARTS) is 1. The molecular weight excluding hydrogens is 544 g/mol. The maximum Gasteiger partial charge on any atom is 0.313 e. The van der Waals surface area contributed by atoms with Crippen LogP contribution in [-0.4, -0.2) is 80.0 Å². The van der Waals surface area contributed by atoms with E-state index in [1.54, 1.807) is 12.4 Å². The van der Waals surface area contributed by atoms with Crippen molar-refractivity contribution in [3.8, 4) is 0 Å². The number of thioether (sulfide) groups is 2. The lowest BCUT2D eigenvalue weighted by Gasteiger charge is -2.53. The molecule has 18 heteroatoms. The summed E-state index contributed by atoms with van der Waals surface area (Å²) < 4.78 is 1.53. The van der Waals surface area contributed by atoms with Gasteiger partial charge in [0.15, 0.2) is 16.5 Å². The van der Waals surface area contributed by atoms with Crippen molar-refractivity contribution in [2.24, 2.45) is 17.6 Å². The summed E-state index contributed by atoms with van der Waals surface area (Å²) in [5, 5.41) is 18.2. The lowest BCUT2D eigenvalue weighted by Crippen LogP contribution is -2.74. The molecule has 4 rings (SSSR count). The third-order valence-electron chi connectivity index (χ3n) is 5.94. The number of fused-ring (bicyclic) bond motifs is 1. The van der Waals surface area contributed by atoms with Gasteiger partial charge in [-0.2, -0.15) is 0 Å². The fraction of sp³-hybridized carbons (Fsp3) is 0.421. The Hall–Kier alpha value is -3.51. The van der Waals surface area contributed by atoms with Crippen molar-refractivity contribution >= 4 is 80.8 Å². The summed E-state index contributed by atoms with van der Waals surface area (Å²) in [4.78, 5) is 52.6. The van der Waals surface area contributed by atoms with Gasteiger partial charge in [-0.1, -0.05) is 21.9 Å². The Bertz CT molecular complexity index is 1300. The molecule has 37 heavy (non-hydrogen) atoms. The summed E-state index contributed by atoms with van der Waals surface area (Å²) in [7, 11) is 2.93. The Morgan fingerprint density at radius 1 is 1.38 bits per heavy atom. The minimum Gasteiger partial charge on any atom is -0.481 e. The van der Waals surface area contributed by atoms with Gasteiger partial charge < -0.3 is 43.1 Å². The Labute approximate surface area is 223 Å². The zero-order valence-electron chi connectivity index (χ0n) is 19.7. The number of aromatic nitrogens is 3. The molecule has 0 aliphatic carbocycles. The number of β-lactam (4-membered cyclic amide) rings is 1. The van der Waals surface area contributed by atoms with Gasteiger partial charge in [-0.3, -0.25) is 14.4 Å². The number of hydrogen-bond acceptors (Lipinski definition) is 14. The van der Waals surface area contributed by atoms with Crippen molar-refractivity contribution in [1.82, 2.24) is 20.2 Å². The number of nitrogens with two attached hydrogens (primary N) is 4. The number of aliphatic carboxylic acids is 1. The van der Waals surface area contributed by atoms with Crippen LogP contribution in [0.2, 0.25) is 0 Å². The standard InChI is InChI=1S/C19H24N10O5S3/c1-28-12(22)8(20)11(21)26-18(28)37-6-19(16(32)33)4-29-14(31)10(15(29)36-5-19)25-13(30)9(27-34-2)7-3-35-17(23)24-7/h3,10,15H,4-6H2,1-2H3,(H9,20,21,22,23,24,25,27,30,32,33)/p+1/t10?,15-,19?/m1/s1. The molecule has 10 N–H and O–H groups in total. The first-order chi connectivity index (χ1) is 17.5. The van der Waals surface area contributed by atoms with Crippen molar-refractivity contribution in [1.29, 1.82) is 0 Å². The van der Waals surface area contributed by atoms with Crippen LogP contribution in [0.15, 0.2) is 15.7 Å². The van der Waals surface area contributed by atoms with Crippen molar-refractivity contribution < 1.29 is 28.9 Å². The highest BCUT2D eigenvalue weighted by molar-refractivity contribution is 8.00. The van der Waals surface area contributed by atoms with Crippen LogP contribution in [0.1, 0.15) is 5.69 Å². The Morgan fingerprint density at radius 2 is 2.11 bits per heavy atom. The number of thiazole rings is 1. The molecule has 2 aromatic heterocycles. The number of nitrogen functional groups attached to an aromatic ring is 4. The van der Waals surface area contributed by atoms with Crippen LogP contribution in [0.4, 0.5) is 22.5 Å². The molecule has 2 aliphatic rings. The fourth-order valence-corrected chi connectivity index (χ4v) is 7.19. The summed E-state index contributed by atoms with van der Waals surface area (Å²) >= 11 is 3.55. The zero-order chi connectivity index (χ0) is 27.1. The number of nitrogens with zero attached hydrogens (tertiary/aromatic N) is 5. The first kappa shape index (κ1) is 26.6. The van der Waals surface area contributed by atoms with Crippen molar-refractivity contribution in [2.45, 2.75) is 16.6 Å². The van der Waals surface area contributed by atoms with Gasteiger partial charge in [0.25, 0.3) is 5.91 Å². The van der Waals surface area contributed by atoms with Crippen molar-refractivity contribution in [3.63, 3.8) is 0 Å². The maximum absolute atomic E-state index is 12.9. The molecule has 2 unspecified atom stereocenters. The monoisotopic (exact) mass is 569 g/mol. The largest absolute Gasteiger partial charge is 0.481 e. The molecule has 2 saturated heterocycles. The van der Waals surface area contributed by atoms with Gasteiger partial charge in [-0.05, 0) is 0 Å². The summed E-state index contributed by atoms with van der Waals surface area (Å²) in [5.74, 6) is -1.56. The average Bonchev–Trinajstić information content (AvgIpc) is 3.31. The number of carboxylic acids is 1. The number of anilines is 4. The van der Waals surface area contributed by atoms with Crippen LogP contribution in [0, 0.1) is 5.41 Å². The van der Waals surface area contributed by atoms with E-state index in [0.717, 1.165) is 23.1 Å². The molecule has 2 amide bonds. The predicted octanol–water partition coefficient (Wildman–Crippen LogP) is -1.69. The minimum atomic E-state index is -1.27. The SMILES string of the molecule is CON=C(C(=O)NC1C(=O)N2CC(CSc3nc(N)c(N)c(N)[n+]3C)(C(=O)O)CS[C@H]12)c1csc(N)n1. The van der Waals surface area contributed by atoms with Crippen molar-refractivity contribution in [3.05, 3.63) is 11.1 Å². The molecule has 0 bridgehead atoms. The van der Waals surface area contributed by atoms with E-state index < -0.39 is 34.6 Å². The highest BCUT2D eigenvalue weighted by Crippen LogP contribution is 2.44. The van der Waals surface area contributed by atoms with Gasteiger partial charge in [-0.15, -0.1) is 23.1 Å². The zero-order valence-corrected chi connectivity index (χ0v) is 22.2. The Morgan fingerprint density at radius 3 is 2.73 bits per heavy atom. The van der Waals surface area contributed by atoms with Crippen LogP contribution in [0.5, 0.6) is 0 Å². The van der Waals surface area contributed by atoms with Crippen LogP contribution in [-0.2, 0) is 26.3 Å². The van der Waals surface area contributed by atoms with Crippen LogP contribution in [0.25, 0.3) is 0 Å². The fourth-order valence-electron chi connectivity index (χ4n) is 3.79. The molecule has 2 aromatic rings. The van der Waals surface area contributed by atoms with E-state index >= 15 is 0 Å². The molecule has 2 aliphatic heterocycles. The predicted molar refractivity (Wildman–Crippen MR) is 139 cm³/mol. The molecule has 198 valence electrons. The van der Waals surface area contributed by atoms with E-state index in [-0.39, 0.29) is 51.9 Å². The molecule has 0 spiro atoms. The lowest BCUT2D eigenvalue weighted by molar-refractivity contribution is -0.698. The average molecular weight is 570 g/mol. The number of amides is 2. The normalized spacial score (nSPS) is 23.2. The second-order valence-corrected chi connectivity index (χ2v) is 11.3. The second kappa shape index (κ2) is 10.1. The van der Waals surface area contributed by atoms with E-state index in [9.17, 15) is 19.5 Å². The third-order valence-corrected chi connectivity index (χ3v) is 9.52. The van der Waals surface area contributed by atoms with E-state index in [1.165, 1.54) is 28.3 Å². The summed E-state index contributed by atoms with van der Waals surface area (Å²) in [5.41, 5.74) is 22.2. The van der Waals surface area contributed by atoms with Gasteiger partial charge in [0, 0.05) is 23.4 Å². The van der Waals surface area contributed by atoms with E-state index in [2.05, 4.69) is 20.4 Å². The van der Waals surface area contributed by atoms with Gasteiger partial charge in [0.1, 0.15) is 29.6 Å². The number of nitrogens with one attached hydrogen (secondary N) is 1. The van der Waals surface area contributed by atoms with E-state index in [1.807, 2.05) is 0 Å². The summed E-state index contributed by atoms with van der Waals surface area (Å²) in [6, 6.07) is -0.855. The molecule has 4 heterocycles. The number of carbonyl (C=O) groups excluding carboxylic acids is 2. The first-order valence-corrected chi connectivity index (χ1v) is 13.5. The smallest absolute Gasteiger partial charge is 0.313 e. The summed E-state index contributed by atoms with van der Waals surface area (Å²) in [6.07, 6.45) is 0. The lowest BCUT2D eigenvalue weighted by atomic mass is 9.89. The van der Waals surface area contributed by atoms with Crippen LogP contribution in [0.3, 0.4) is 0 Å². The van der Waals surface area contributed by atoms with Crippen LogP contribution < -0.4 is 32.8 Å². The molecule has 3 atom stereocenters. The molecule has 0 radical (unpaired) electrons.